The van der Waals surface area contributed by atoms with Crippen molar-refractivity contribution in [2.24, 2.45) is 0 Å². The summed E-state index contributed by atoms with van der Waals surface area (Å²) in [6.07, 6.45) is 3.43. The predicted molar refractivity (Wildman–Crippen MR) is 67.2 cm³/mol. The molecular formula is C12H13N3O2. The van der Waals surface area contributed by atoms with Gasteiger partial charge in [-0.1, -0.05) is 6.07 Å². The van der Waals surface area contributed by atoms with E-state index < -0.39 is 10.9 Å². The Kier molecular flexibility index (Phi) is 2.91. The summed E-state index contributed by atoms with van der Waals surface area (Å²) in [6.45, 7) is 0.549. The lowest BCUT2D eigenvalue weighted by molar-refractivity contribution is 0.903. The molecule has 1 aromatic carbocycles. The van der Waals surface area contributed by atoms with E-state index >= 15 is 0 Å². The van der Waals surface area contributed by atoms with E-state index in [9.17, 15) is 9.59 Å². The zero-order valence-corrected chi connectivity index (χ0v) is 9.73. The van der Waals surface area contributed by atoms with Gasteiger partial charge in [-0.25, -0.2) is 0 Å². The van der Waals surface area contributed by atoms with Crippen LogP contribution in [0.1, 0.15) is 5.56 Å². The Hall–Kier alpha value is -2.17. The number of hydrogen-bond acceptors (Lipinski definition) is 5. The van der Waals surface area contributed by atoms with Crippen molar-refractivity contribution in [3.8, 4) is 0 Å². The number of aromatic nitrogens is 1. The minimum absolute atomic E-state index is 0.390. The number of nitrogens with zero attached hydrogens (tertiary/aromatic N) is 2. The summed E-state index contributed by atoms with van der Waals surface area (Å²) in [5.74, 6) is 0. The van der Waals surface area contributed by atoms with E-state index in [1.54, 1.807) is 31.4 Å². The fraction of sp³-hybridized carbons (Fsp3) is 0.250. The van der Waals surface area contributed by atoms with Gasteiger partial charge in [-0.05, 0) is 11.6 Å². The summed E-state index contributed by atoms with van der Waals surface area (Å²) in [6, 6.07) is 3.76. The molecule has 2 aromatic rings. The molecule has 2 rings (SSSR count). The Labute approximate surface area is 98.4 Å². The monoisotopic (exact) mass is 231 g/mol. The Balaban J connectivity index is 2.21. The summed E-state index contributed by atoms with van der Waals surface area (Å²) in [5.41, 5.74) is 0.953. The molecule has 1 heterocycles. The Morgan fingerprint density at radius 2 is 2.12 bits per heavy atom. The van der Waals surface area contributed by atoms with Crippen LogP contribution in [0.25, 0.3) is 0 Å². The normalized spacial score (nSPS) is 10.5. The standard InChI is InChI=1S/C12H13N3O2/c1-13-9-10(12(17)11(9)16)15(2)7-8-4-3-5-14-6-8/h3-6,13H,7H2,1-2H3. The quantitative estimate of drug-likeness (QED) is 0.770. The number of hydrogen-bond donors (Lipinski definition) is 1. The zero-order chi connectivity index (χ0) is 12.4. The van der Waals surface area contributed by atoms with Crippen molar-refractivity contribution in [1.82, 2.24) is 4.98 Å². The van der Waals surface area contributed by atoms with E-state index in [2.05, 4.69) is 10.3 Å². The van der Waals surface area contributed by atoms with Gasteiger partial charge in [-0.3, -0.25) is 14.6 Å². The molecule has 88 valence electrons. The highest BCUT2D eigenvalue weighted by atomic mass is 16.2. The van der Waals surface area contributed by atoms with Crippen molar-refractivity contribution >= 4 is 11.4 Å². The van der Waals surface area contributed by atoms with Crippen LogP contribution in [0, 0.1) is 0 Å². The Bertz CT molecular complexity index is 585. The molecule has 0 radical (unpaired) electrons. The van der Waals surface area contributed by atoms with E-state index in [4.69, 9.17) is 0 Å². The summed E-state index contributed by atoms with van der Waals surface area (Å²) in [4.78, 5) is 28.5. The first-order valence-corrected chi connectivity index (χ1v) is 5.26. The molecule has 0 fully saturated rings. The molecule has 0 aliphatic heterocycles. The van der Waals surface area contributed by atoms with Crippen LogP contribution in [0.5, 0.6) is 0 Å². The van der Waals surface area contributed by atoms with Gasteiger partial charge < -0.3 is 10.2 Å². The molecule has 5 heteroatoms. The van der Waals surface area contributed by atoms with Gasteiger partial charge in [0, 0.05) is 33.0 Å². The van der Waals surface area contributed by atoms with Crippen molar-refractivity contribution in [1.29, 1.82) is 0 Å². The Morgan fingerprint density at radius 3 is 2.71 bits per heavy atom. The molecular weight excluding hydrogens is 218 g/mol. The smallest absolute Gasteiger partial charge is 0.253 e. The maximum Gasteiger partial charge on any atom is 0.253 e. The third-order valence-electron chi connectivity index (χ3n) is 2.66. The second-order valence-electron chi connectivity index (χ2n) is 3.85. The largest absolute Gasteiger partial charge is 0.383 e. The van der Waals surface area contributed by atoms with Gasteiger partial charge in [-0.2, -0.15) is 0 Å². The molecule has 1 N–H and O–H groups in total. The van der Waals surface area contributed by atoms with Crippen LogP contribution in [-0.4, -0.2) is 19.1 Å². The van der Waals surface area contributed by atoms with Gasteiger partial charge in [-0.15, -0.1) is 0 Å². The lowest BCUT2D eigenvalue weighted by Gasteiger charge is -2.22. The van der Waals surface area contributed by atoms with Gasteiger partial charge in [0.15, 0.2) is 0 Å². The summed E-state index contributed by atoms with van der Waals surface area (Å²) in [5, 5.41) is 2.75. The lowest BCUT2D eigenvalue weighted by Crippen LogP contribution is -2.40. The number of anilines is 2. The van der Waals surface area contributed by atoms with E-state index in [1.807, 2.05) is 12.1 Å². The average molecular weight is 231 g/mol. The minimum Gasteiger partial charge on any atom is -0.383 e. The van der Waals surface area contributed by atoms with Crippen molar-refractivity contribution < 1.29 is 0 Å². The second kappa shape index (κ2) is 4.37. The first-order valence-electron chi connectivity index (χ1n) is 5.26. The molecule has 0 amide bonds. The van der Waals surface area contributed by atoms with E-state index in [0.717, 1.165) is 5.56 Å². The van der Waals surface area contributed by atoms with Crippen molar-refractivity contribution in [3.63, 3.8) is 0 Å². The summed E-state index contributed by atoms with van der Waals surface area (Å²) < 4.78 is 0. The molecule has 0 saturated carbocycles. The minimum atomic E-state index is -0.444. The van der Waals surface area contributed by atoms with Gasteiger partial charge in [0.2, 0.25) is 0 Å². The highest BCUT2D eigenvalue weighted by molar-refractivity contribution is 5.74. The van der Waals surface area contributed by atoms with Crippen LogP contribution in [-0.2, 0) is 6.54 Å². The third-order valence-corrected chi connectivity index (χ3v) is 2.66. The average Bonchev–Trinajstić information content (AvgIpc) is 2.35. The molecule has 1 aromatic heterocycles. The van der Waals surface area contributed by atoms with Gasteiger partial charge in [0.1, 0.15) is 11.4 Å². The predicted octanol–water partition coefficient (Wildman–Crippen LogP) is 0.356. The molecule has 0 unspecified atom stereocenters. The van der Waals surface area contributed by atoms with Gasteiger partial charge >= 0.3 is 0 Å². The number of rotatable bonds is 4. The van der Waals surface area contributed by atoms with Gasteiger partial charge in [0.05, 0.1) is 0 Å². The first-order chi connectivity index (χ1) is 8.15. The van der Waals surface area contributed by atoms with Crippen LogP contribution in [0.4, 0.5) is 11.4 Å². The molecule has 0 bridgehead atoms. The zero-order valence-electron chi connectivity index (χ0n) is 9.73. The van der Waals surface area contributed by atoms with Crippen molar-refractivity contribution in [2.75, 3.05) is 24.3 Å². The van der Waals surface area contributed by atoms with Crippen LogP contribution >= 0.6 is 0 Å². The van der Waals surface area contributed by atoms with E-state index in [1.165, 1.54) is 0 Å². The molecule has 0 saturated heterocycles. The molecule has 0 aliphatic carbocycles. The van der Waals surface area contributed by atoms with Crippen LogP contribution in [0.3, 0.4) is 0 Å². The molecule has 0 aliphatic rings. The Morgan fingerprint density at radius 1 is 1.35 bits per heavy atom. The maximum absolute atomic E-state index is 11.5. The maximum atomic E-state index is 11.5. The number of pyridine rings is 1. The van der Waals surface area contributed by atoms with Crippen LogP contribution < -0.4 is 21.1 Å². The third kappa shape index (κ3) is 1.91. The highest BCUT2D eigenvalue weighted by Gasteiger charge is 2.22. The first kappa shape index (κ1) is 11.3. The molecule has 0 atom stereocenters. The fourth-order valence-electron chi connectivity index (χ4n) is 1.82. The summed E-state index contributed by atoms with van der Waals surface area (Å²) >= 11 is 0. The second-order valence-corrected chi connectivity index (χ2v) is 3.85. The van der Waals surface area contributed by atoms with Crippen molar-refractivity contribution in [2.45, 2.75) is 6.54 Å². The van der Waals surface area contributed by atoms with Crippen molar-refractivity contribution in [3.05, 3.63) is 50.5 Å². The molecule has 0 spiro atoms. The number of nitrogens with one attached hydrogen (secondary N) is 1. The topological polar surface area (TPSA) is 62.3 Å². The van der Waals surface area contributed by atoms with Crippen LogP contribution in [0.2, 0.25) is 0 Å². The van der Waals surface area contributed by atoms with Crippen LogP contribution in [0.15, 0.2) is 34.1 Å². The van der Waals surface area contributed by atoms with E-state index in [-0.39, 0.29) is 0 Å². The highest BCUT2D eigenvalue weighted by Crippen LogP contribution is 2.19. The van der Waals surface area contributed by atoms with Gasteiger partial charge in [0.25, 0.3) is 10.9 Å². The molecule has 17 heavy (non-hydrogen) atoms. The lowest BCUT2D eigenvalue weighted by atomic mass is 10.1. The summed E-state index contributed by atoms with van der Waals surface area (Å²) in [7, 11) is 3.42. The van der Waals surface area contributed by atoms with E-state index in [0.29, 0.717) is 17.9 Å². The molecule has 5 nitrogen and oxygen atoms in total. The fourth-order valence-corrected chi connectivity index (χ4v) is 1.82. The SMILES string of the molecule is CNc1c(N(C)Cc2cccnc2)c(=O)c1=O.